The number of rotatable bonds is 1. The third kappa shape index (κ3) is 2.09. The van der Waals surface area contributed by atoms with Crippen LogP contribution in [0.25, 0.3) is 0 Å². The standard InChI is InChI=1S/C13H18N2O/c1-10-6-4-5-7-11(10)15-9-13(2,3)14-8-12(15)16/h4-7,14H,8-9H2,1-3H3. The maximum Gasteiger partial charge on any atom is 0.241 e. The van der Waals surface area contributed by atoms with Gasteiger partial charge in [0.15, 0.2) is 0 Å². The minimum absolute atomic E-state index is 0.0177. The number of amides is 1. The molecule has 1 heterocycles. The van der Waals surface area contributed by atoms with Gasteiger partial charge in [0.25, 0.3) is 0 Å². The van der Waals surface area contributed by atoms with E-state index in [1.54, 1.807) is 0 Å². The van der Waals surface area contributed by atoms with Gasteiger partial charge >= 0.3 is 0 Å². The first-order valence-corrected chi connectivity index (χ1v) is 5.61. The number of anilines is 1. The minimum Gasteiger partial charge on any atom is -0.309 e. The van der Waals surface area contributed by atoms with E-state index >= 15 is 0 Å². The lowest BCUT2D eigenvalue weighted by Crippen LogP contribution is -2.60. The fraction of sp³-hybridized carbons (Fsp3) is 0.462. The number of piperazine rings is 1. The molecular weight excluding hydrogens is 200 g/mol. The molecule has 86 valence electrons. The second-order valence-electron chi connectivity index (χ2n) is 5.00. The van der Waals surface area contributed by atoms with Gasteiger partial charge in [-0.15, -0.1) is 0 Å². The zero-order valence-electron chi connectivity index (χ0n) is 10.1. The van der Waals surface area contributed by atoms with E-state index in [1.807, 2.05) is 36.1 Å². The highest BCUT2D eigenvalue weighted by Crippen LogP contribution is 2.23. The molecule has 0 atom stereocenters. The number of hydrogen-bond acceptors (Lipinski definition) is 2. The highest BCUT2D eigenvalue weighted by atomic mass is 16.2. The molecule has 0 unspecified atom stereocenters. The molecule has 3 heteroatoms. The van der Waals surface area contributed by atoms with Crippen molar-refractivity contribution in [1.82, 2.24) is 5.32 Å². The second-order valence-corrected chi connectivity index (χ2v) is 5.00. The number of benzene rings is 1. The van der Waals surface area contributed by atoms with Gasteiger partial charge < -0.3 is 10.2 Å². The van der Waals surface area contributed by atoms with Crippen molar-refractivity contribution in [1.29, 1.82) is 0 Å². The second kappa shape index (κ2) is 3.91. The molecule has 3 nitrogen and oxygen atoms in total. The average molecular weight is 218 g/mol. The van der Waals surface area contributed by atoms with Gasteiger partial charge in [0.2, 0.25) is 5.91 Å². The summed E-state index contributed by atoms with van der Waals surface area (Å²) >= 11 is 0. The fourth-order valence-electron chi connectivity index (χ4n) is 2.04. The molecule has 0 aliphatic carbocycles. The summed E-state index contributed by atoms with van der Waals surface area (Å²) in [5.74, 6) is 0.147. The van der Waals surface area contributed by atoms with Crippen LogP contribution in [0.5, 0.6) is 0 Å². The van der Waals surface area contributed by atoms with Gasteiger partial charge in [-0.2, -0.15) is 0 Å². The van der Waals surface area contributed by atoms with Gasteiger partial charge in [0, 0.05) is 17.8 Å². The summed E-state index contributed by atoms with van der Waals surface area (Å²) in [5, 5.41) is 3.24. The summed E-state index contributed by atoms with van der Waals surface area (Å²) in [7, 11) is 0. The lowest BCUT2D eigenvalue weighted by molar-refractivity contribution is -0.119. The number of carbonyl (C=O) groups excluding carboxylic acids is 1. The van der Waals surface area contributed by atoms with E-state index in [1.165, 1.54) is 0 Å². The highest BCUT2D eigenvalue weighted by Gasteiger charge is 2.31. The third-order valence-corrected chi connectivity index (χ3v) is 2.98. The molecule has 2 rings (SSSR count). The summed E-state index contributed by atoms with van der Waals surface area (Å²) < 4.78 is 0. The predicted octanol–water partition coefficient (Wildman–Crippen LogP) is 1.71. The van der Waals surface area contributed by atoms with Crippen LogP contribution in [-0.4, -0.2) is 24.5 Å². The van der Waals surface area contributed by atoms with Crippen molar-refractivity contribution in [2.24, 2.45) is 0 Å². The number of para-hydroxylation sites is 1. The Hall–Kier alpha value is -1.35. The van der Waals surface area contributed by atoms with Gasteiger partial charge in [0.1, 0.15) is 0 Å². The molecule has 1 aromatic carbocycles. The fourth-order valence-corrected chi connectivity index (χ4v) is 2.04. The Kier molecular flexibility index (Phi) is 2.72. The van der Waals surface area contributed by atoms with E-state index in [2.05, 4.69) is 19.2 Å². The summed E-state index contributed by atoms with van der Waals surface area (Å²) in [6.07, 6.45) is 0. The molecule has 1 aliphatic heterocycles. The maximum atomic E-state index is 11.9. The van der Waals surface area contributed by atoms with Crippen molar-refractivity contribution in [3.63, 3.8) is 0 Å². The quantitative estimate of drug-likeness (QED) is 0.778. The molecule has 0 spiro atoms. The molecule has 0 aromatic heterocycles. The molecule has 1 aliphatic rings. The largest absolute Gasteiger partial charge is 0.309 e. The van der Waals surface area contributed by atoms with Crippen LogP contribution in [0.4, 0.5) is 5.69 Å². The van der Waals surface area contributed by atoms with Crippen LogP contribution in [-0.2, 0) is 4.79 Å². The summed E-state index contributed by atoms with van der Waals surface area (Å²) in [6.45, 7) is 7.41. The number of nitrogens with zero attached hydrogens (tertiary/aromatic N) is 1. The lowest BCUT2D eigenvalue weighted by Gasteiger charge is -2.39. The van der Waals surface area contributed by atoms with Crippen LogP contribution in [0.3, 0.4) is 0 Å². The van der Waals surface area contributed by atoms with E-state index < -0.39 is 0 Å². The molecule has 0 saturated carbocycles. The van der Waals surface area contributed by atoms with Crippen LogP contribution >= 0.6 is 0 Å². The van der Waals surface area contributed by atoms with E-state index in [0.29, 0.717) is 6.54 Å². The zero-order valence-corrected chi connectivity index (χ0v) is 10.1. The number of carbonyl (C=O) groups is 1. The average Bonchev–Trinajstić information content (AvgIpc) is 2.23. The molecule has 1 saturated heterocycles. The zero-order chi connectivity index (χ0) is 11.8. The first kappa shape index (κ1) is 11.1. The Balaban J connectivity index is 2.32. The Bertz CT molecular complexity index is 412. The Labute approximate surface area is 96.5 Å². The van der Waals surface area contributed by atoms with Crippen LogP contribution < -0.4 is 10.2 Å². The molecule has 1 amide bonds. The van der Waals surface area contributed by atoms with Gasteiger partial charge in [0.05, 0.1) is 6.54 Å². The van der Waals surface area contributed by atoms with E-state index in [4.69, 9.17) is 0 Å². The van der Waals surface area contributed by atoms with Crippen molar-refractivity contribution in [3.05, 3.63) is 29.8 Å². The Morgan fingerprint density at radius 2 is 2.00 bits per heavy atom. The van der Waals surface area contributed by atoms with E-state index in [9.17, 15) is 4.79 Å². The van der Waals surface area contributed by atoms with Gasteiger partial charge in [-0.25, -0.2) is 0 Å². The molecule has 1 aromatic rings. The van der Waals surface area contributed by atoms with Crippen molar-refractivity contribution in [3.8, 4) is 0 Å². The van der Waals surface area contributed by atoms with E-state index in [-0.39, 0.29) is 11.4 Å². The summed E-state index contributed by atoms with van der Waals surface area (Å²) in [6, 6.07) is 8.02. The van der Waals surface area contributed by atoms with Crippen molar-refractivity contribution < 1.29 is 4.79 Å². The normalized spacial score (nSPS) is 19.9. The van der Waals surface area contributed by atoms with Crippen LogP contribution in [0.1, 0.15) is 19.4 Å². The third-order valence-electron chi connectivity index (χ3n) is 2.98. The predicted molar refractivity (Wildman–Crippen MR) is 65.6 cm³/mol. The van der Waals surface area contributed by atoms with Crippen molar-refractivity contribution >= 4 is 11.6 Å². The van der Waals surface area contributed by atoms with Crippen molar-refractivity contribution in [2.75, 3.05) is 18.0 Å². The highest BCUT2D eigenvalue weighted by molar-refractivity contribution is 5.96. The SMILES string of the molecule is Cc1ccccc1N1CC(C)(C)NCC1=O. The first-order chi connectivity index (χ1) is 7.49. The van der Waals surface area contributed by atoms with Crippen LogP contribution in [0.15, 0.2) is 24.3 Å². The number of aryl methyl sites for hydroxylation is 1. The first-order valence-electron chi connectivity index (χ1n) is 5.61. The van der Waals surface area contributed by atoms with Gasteiger partial charge in [-0.05, 0) is 32.4 Å². The molecule has 0 radical (unpaired) electrons. The topological polar surface area (TPSA) is 32.3 Å². The smallest absolute Gasteiger partial charge is 0.241 e. The minimum atomic E-state index is -0.0177. The summed E-state index contributed by atoms with van der Waals surface area (Å²) in [4.78, 5) is 13.8. The Morgan fingerprint density at radius 1 is 1.31 bits per heavy atom. The van der Waals surface area contributed by atoms with Gasteiger partial charge in [-0.3, -0.25) is 4.79 Å². The molecular formula is C13H18N2O. The van der Waals surface area contributed by atoms with Crippen LogP contribution in [0, 0.1) is 6.92 Å². The maximum absolute atomic E-state index is 11.9. The van der Waals surface area contributed by atoms with E-state index in [0.717, 1.165) is 17.8 Å². The molecule has 16 heavy (non-hydrogen) atoms. The van der Waals surface area contributed by atoms with Gasteiger partial charge in [-0.1, -0.05) is 18.2 Å². The summed E-state index contributed by atoms with van der Waals surface area (Å²) in [5.41, 5.74) is 2.16. The number of nitrogens with one attached hydrogen (secondary N) is 1. The molecule has 1 fully saturated rings. The van der Waals surface area contributed by atoms with Crippen molar-refractivity contribution in [2.45, 2.75) is 26.3 Å². The molecule has 1 N–H and O–H groups in total. The molecule has 0 bridgehead atoms. The monoisotopic (exact) mass is 218 g/mol. The number of hydrogen-bond donors (Lipinski definition) is 1. The lowest BCUT2D eigenvalue weighted by atomic mass is 10.0. The van der Waals surface area contributed by atoms with Crippen LogP contribution in [0.2, 0.25) is 0 Å². The Morgan fingerprint density at radius 3 is 2.69 bits per heavy atom.